The molecule has 0 heterocycles. The fourth-order valence-corrected chi connectivity index (χ4v) is 1.07. The third kappa shape index (κ3) is 6.18. The van der Waals surface area contributed by atoms with Crippen LogP contribution in [0.3, 0.4) is 0 Å². The summed E-state index contributed by atoms with van der Waals surface area (Å²) in [6.45, 7) is 3.83. The summed E-state index contributed by atoms with van der Waals surface area (Å²) in [7, 11) is 0. The maximum Gasteiger partial charge on any atom is 0.321 e. The fraction of sp³-hybridized carbons (Fsp3) is 0.214. The molecule has 0 aliphatic carbocycles. The van der Waals surface area contributed by atoms with Crippen LogP contribution >= 0.6 is 0 Å². The lowest BCUT2D eigenvalue weighted by Gasteiger charge is -1.96. The van der Waals surface area contributed by atoms with Crippen LogP contribution in [0, 0.1) is 18.8 Å². The van der Waals surface area contributed by atoms with E-state index in [0.29, 0.717) is 6.54 Å². The van der Waals surface area contributed by atoms with Crippen LogP contribution in [0.4, 0.5) is 0 Å². The predicted molar refractivity (Wildman–Crippen MR) is 67.0 cm³/mol. The zero-order valence-electron chi connectivity index (χ0n) is 9.99. The van der Waals surface area contributed by atoms with Gasteiger partial charge in [0.05, 0.1) is 6.54 Å². The van der Waals surface area contributed by atoms with Gasteiger partial charge in [0.25, 0.3) is 0 Å². The fourth-order valence-electron chi connectivity index (χ4n) is 1.07. The summed E-state index contributed by atoms with van der Waals surface area (Å²) in [5.41, 5.74) is 4.69. The van der Waals surface area contributed by atoms with Crippen molar-refractivity contribution in [3.63, 3.8) is 0 Å². The summed E-state index contributed by atoms with van der Waals surface area (Å²) in [4.78, 5) is 14.9. The number of hydrogen-bond acceptors (Lipinski definition) is 3. The monoisotopic (exact) mass is 229 g/mol. The van der Waals surface area contributed by atoms with Crippen molar-refractivity contribution in [3.05, 3.63) is 47.5 Å². The first-order valence-corrected chi connectivity index (χ1v) is 5.32. The molecule has 1 aromatic rings. The van der Waals surface area contributed by atoms with E-state index in [1.807, 2.05) is 31.2 Å². The van der Waals surface area contributed by atoms with Gasteiger partial charge in [-0.2, -0.15) is 0 Å². The van der Waals surface area contributed by atoms with E-state index in [2.05, 4.69) is 22.2 Å². The second kappa shape index (κ2) is 7.26. The van der Waals surface area contributed by atoms with Crippen molar-refractivity contribution < 1.29 is 9.63 Å². The van der Waals surface area contributed by atoms with Crippen LogP contribution in [0.25, 0.3) is 0 Å². The van der Waals surface area contributed by atoms with Crippen molar-refractivity contribution in [1.82, 2.24) is 5.48 Å². The number of carbonyl (C=O) groups excluding carboxylic acids is 1. The van der Waals surface area contributed by atoms with Gasteiger partial charge in [-0.25, -0.2) is 0 Å². The lowest BCUT2D eigenvalue weighted by molar-refractivity contribution is -0.147. The van der Waals surface area contributed by atoms with Crippen molar-refractivity contribution in [2.45, 2.75) is 13.8 Å². The topological polar surface area (TPSA) is 38.3 Å². The van der Waals surface area contributed by atoms with E-state index in [-0.39, 0.29) is 5.97 Å². The van der Waals surface area contributed by atoms with Gasteiger partial charge in [-0.1, -0.05) is 35.6 Å². The first kappa shape index (κ1) is 13.0. The number of nitrogens with one attached hydrogen (secondary N) is 1. The number of hydroxylamine groups is 1. The minimum atomic E-state index is -0.357. The zero-order valence-corrected chi connectivity index (χ0v) is 9.99. The molecule has 0 aliphatic heterocycles. The molecular formula is C14H15NO2. The molecule has 0 atom stereocenters. The van der Waals surface area contributed by atoms with Gasteiger partial charge in [0, 0.05) is 12.5 Å². The molecule has 17 heavy (non-hydrogen) atoms. The number of aryl methyl sites for hydroxylation is 1. The lowest BCUT2D eigenvalue weighted by Crippen LogP contribution is -2.17. The van der Waals surface area contributed by atoms with Gasteiger partial charge in [-0.15, -0.1) is 5.48 Å². The van der Waals surface area contributed by atoms with Gasteiger partial charge in [0.2, 0.25) is 0 Å². The van der Waals surface area contributed by atoms with Crippen molar-refractivity contribution in [3.8, 4) is 11.8 Å². The molecule has 1 rings (SSSR count). The van der Waals surface area contributed by atoms with Crippen LogP contribution in [0.15, 0.2) is 36.4 Å². The Hall–Kier alpha value is -2.05. The van der Waals surface area contributed by atoms with Crippen LogP contribution in [-0.4, -0.2) is 12.5 Å². The molecule has 1 N–H and O–H groups in total. The molecule has 0 aliphatic rings. The maximum absolute atomic E-state index is 10.4. The Balaban J connectivity index is 2.33. The molecule has 3 nitrogen and oxygen atoms in total. The van der Waals surface area contributed by atoms with E-state index in [9.17, 15) is 4.79 Å². The molecule has 0 bridgehead atoms. The Morgan fingerprint density at radius 1 is 1.41 bits per heavy atom. The highest BCUT2D eigenvalue weighted by molar-refractivity contribution is 5.65. The smallest absolute Gasteiger partial charge is 0.321 e. The molecule has 0 unspecified atom stereocenters. The summed E-state index contributed by atoms with van der Waals surface area (Å²) < 4.78 is 0. The van der Waals surface area contributed by atoms with Gasteiger partial charge in [-0.3, -0.25) is 4.79 Å². The van der Waals surface area contributed by atoms with Gasteiger partial charge >= 0.3 is 5.97 Å². The van der Waals surface area contributed by atoms with E-state index in [1.165, 1.54) is 12.5 Å². The highest BCUT2D eigenvalue weighted by Crippen LogP contribution is 2.00. The molecule has 0 saturated heterocycles. The molecule has 0 aromatic heterocycles. The van der Waals surface area contributed by atoms with E-state index < -0.39 is 0 Å². The van der Waals surface area contributed by atoms with E-state index in [4.69, 9.17) is 0 Å². The Morgan fingerprint density at radius 2 is 2.12 bits per heavy atom. The SMILES string of the molecule is CC(=O)ONCC=CC#Cc1ccc(C)cc1. The first-order chi connectivity index (χ1) is 8.18. The third-order valence-corrected chi connectivity index (χ3v) is 1.89. The second-order valence-electron chi connectivity index (χ2n) is 3.48. The molecule has 0 amide bonds. The summed E-state index contributed by atoms with van der Waals surface area (Å²) in [6, 6.07) is 8.01. The second-order valence-corrected chi connectivity index (χ2v) is 3.48. The van der Waals surface area contributed by atoms with E-state index >= 15 is 0 Å². The average Bonchev–Trinajstić information content (AvgIpc) is 2.30. The number of carbonyl (C=O) groups is 1. The summed E-state index contributed by atoms with van der Waals surface area (Å²) in [5, 5.41) is 0. The minimum Gasteiger partial charge on any atom is -0.371 e. The first-order valence-electron chi connectivity index (χ1n) is 5.32. The Bertz CT molecular complexity index is 449. The Morgan fingerprint density at radius 3 is 2.76 bits per heavy atom. The minimum absolute atomic E-state index is 0.357. The molecule has 0 spiro atoms. The van der Waals surface area contributed by atoms with Gasteiger partial charge in [0.15, 0.2) is 0 Å². The van der Waals surface area contributed by atoms with Crippen LogP contribution in [-0.2, 0) is 9.63 Å². The van der Waals surface area contributed by atoms with Crippen molar-refractivity contribution in [2.75, 3.05) is 6.54 Å². The van der Waals surface area contributed by atoms with Crippen LogP contribution < -0.4 is 5.48 Å². The number of benzene rings is 1. The van der Waals surface area contributed by atoms with Crippen molar-refractivity contribution >= 4 is 5.97 Å². The van der Waals surface area contributed by atoms with Crippen LogP contribution in [0.5, 0.6) is 0 Å². The largest absolute Gasteiger partial charge is 0.371 e. The number of allylic oxidation sites excluding steroid dienone is 1. The van der Waals surface area contributed by atoms with Gasteiger partial charge in [0.1, 0.15) is 0 Å². The number of hydrogen-bond donors (Lipinski definition) is 1. The standard InChI is InChI=1S/C14H15NO2/c1-12-7-9-14(10-8-12)6-4-3-5-11-15-17-13(2)16/h3,5,7-10,15H,11H2,1-2H3. The quantitative estimate of drug-likeness (QED) is 0.489. The highest BCUT2D eigenvalue weighted by atomic mass is 16.7. The Labute approximate surface area is 101 Å². The van der Waals surface area contributed by atoms with E-state index in [1.54, 1.807) is 12.2 Å². The van der Waals surface area contributed by atoms with Gasteiger partial charge in [-0.05, 0) is 25.1 Å². The highest BCUT2D eigenvalue weighted by Gasteiger charge is 1.87. The summed E-state index contributed by atoms with van der Waals surface area (Å²) in [6.07, 6.45) is 3.50. The van der Waals surface area contributed by atoms with Crippen molar-refractivity contribution in [1.29, 1.82) is 0 Å². The van der Waals surface area contributed by atoms with Gasteiger partial charge < -0.3 is 4.84 Å². The molecule has 88 valence electrons. The zero-order chi connectivity index (χ0) is 12.5. The molecular weight excluding hydrogens is 214 g/mol. The maximum atomic E-state index is 10.4. The number of rotatable bonds is 3. The lowest BCUT2D eigenvalue weighted by atomic mass is 10.1. The Kier molecular flexibility index (Phi) is 5.56. The molecule has 3 heteroatoms. The van der Waals surface area contributed by atoms with Crippen LogP contribution in [0.1, 0.15) is 18.1 Å². The molecule has 0 saturated carbocycles. The normalized spacial score (nSPS) is 9.76. The average molecular weight is 229 g/mol. The van der Waals surface area contributed by atoms with E-state index in [0.717, 1.165) is 5.56 Å². The van der Waals surface area contributed by atoms with Crippen LogP contribution in [0.2, 0.25) is 0 Å². The summed E-state index contributed by atoms with van der Waals surface area (Å²) >= 11 is 0. The third-order valence-electron chi connectivity index (χ3n) is 1.89. The predicted octanol–water partition coefficient (Wildman–Crippen LogP) is 1.97. The van der Waals surface area contributed by atoms with Crippen molar-refractivity contribution in [2.24, 2.45) is 0 Å². The molecule has 0 fully saturated rings. The molecule has 1 aromatic carbocycles. The molecule has 0 radical (unpaired) electrons. The summed E-state index contributed by atoms with van der Waals surface area (Å²) in [5.74, 6) is 5.54.